The SMILES string of the molecule is CC(C(=O)Nc1c(N)cc(Cl)cc1Cl)N(C)C1CCCC1. The minimum Gasteiger partial charge on any atom is -0.397 e. The van der Waals surface area contributed by atoms with Gasteiger partial charge in [0.05, 0.1) is 22.4 Å². The topological polar surface area (TPSA) is 58.4 Å². The van der Waals surface area contributed by atoms with Crippen molar-refractivity contribution in [3.8, 4) is 0 Å². The minimum atomic E-state index is -0.237. The highest BCUT2D eigenvalue weighted by atomic mass is 35.5. The lowest BCUT2D eigenvalue weighted by Gasteiger charge is -2.29. The monoisotopic (exact) mass is 329 g/mol. The van der Waals surface area contributed by atoms with Crippen LogP contribution in [0.2, 0.25) is 10.0 Å². The number of nitrogens with two attached hydrogens (primary N) is 1. The van der Waals surface area contributed by atoms with Crippen LogP contribution in [-0.4, -0.2) is 29.9 Å². The summed E-state index contributed by atoms with van der Waals surface area (Å²) in [6.07, 6.45) is 4.77. The normalized spacial score (nSPS) is 17.2. The number of hydrogen-bond donors (Lipinski definition) is 2. The van der Waals surface area contributed by atoms with Crippen molar-refractivity contribution in [2.45, 2.75) is 44.7 Å². The fourth-order valence-electron chi connectivity index (χ4n) is 2.77. The molecule has 0 aliphatic heterocycles. The van der Waals surface area contributed by atoms with E-state index in [9.17, 15) is 4.79 Å². The van der Waals surface area contributed by atoms with E-state index in [4.69, 9.17) is 28.9 Å². The molecule has 0 bridgehead atoms. The zero-order valence-electron chi connectivity index (χ0n) is 12.3. The fraction of sp³-hybridized carbons (Fsp3) is 0.533. The molecule has 0 spiro atoms. The van der Waals surface area contributed by atoms with Crippen molar-refractivity contribution >= 4 is 40.5 Å². The maximum atomic E-state index is 12.4. The first kappa shape index (κ1) is 16.4. The standard InChI is InChI=1S/C15H21Cl2N3O/c1-9(20(2)11-5-3-4-6-11)15(21)19-14-12(17)7-10(16)8-13(14)18/h7-9,11H,3-6,18H2,1-2H3,(H,19,21). The van der Waals surface area contributed by atoms with E-state index < -0.39 is 0 Å². The van der Waals surface area contributed by atoms with Gasteiger partial charge in [-0.15, -0.1) is 0 Å². The van der Waals surface area contributed by atoms with Crippen LogP contribution in [0.1, 0.15) is 32.6 Å². The molecule has 1 atom stereocenters. The number of anilines is 2. The summed E-state index contributed by atoms with van der Waals surface area (Å²) in [7, 11) is 1.99. The van der Waals surface area contributed by atoms with E-state index in [-0.39, 0.29) is 11.9 Å². The summed E-state index contributed by atoms with van der Waals surface area (Å²) >= 11 is 12.0. The second-order valence-corrected chi connectivity index (χ2v) is 6.46. The number of carbonyl (C=O) groups is 1. The van der Waals surface area contributed by atoms with Crippen LogP contribution < -0.4 is 11.1 Å². The zero-order chi connectivity index (χ0) is 15.6. The van der Waals surface area contributed by atoms with Crippen LogP contribution in [0.15, 0.2) is 12.1 Å². The molecule has 1 aliphatic carbocycles. The molecule has 116 valence electrons. The number of carbonyl (C=O) groups excluding carboxylic acids is 1. The van der Waals surface area contributed by atoms with Gasteiger partial charge in [-0.3, -0.25) is 9.69 Å². The number of likely N-dealkylation sites (N-methyl/N-ethyl adjacent to an activating group) is 1. The number of amides is 1. The van der Waals surface area contributed by atoms with Crippen molar-refractivity contribution < 1.29 is 4.79 Å². The molecule has 21 heavy (non-hydrogen) atoms. The van der Waals surface area contributed by atoms with Gasteiger partial charge in [0, 0.05) is 11.1 Å². The Morgan fingerprint density at radius 2 is 2.00 bits per heavy atom. The number of nitrogens with one attached hydrogen (secondary N) is 1. The smallest absolute Gasteiger partial charge is 0.241 e. The molecule has 1 aromatic rings. The third-order valence-corrected chi connectivity index (χ3v) is 4.74. The summed E-state index contributed by atoms with van der Waals surface area (Å²) in [6, 6.07) is 3.39. The Balaban J connectivity index is 2.07. The van der Waals surface area contributed by atoms with Crippen molar-refractivity contribution in [3.05, 3.63) is 22.2 Å². The summed E-state index contributed by atoms with van der Waals surface area (Å²) in [5.74, 6) is -0.111. The van der Waals surface area contributed by atoms with Crippen molar-refractivity contribution in [1.82, 2.24) is 4.90 Å². The summed E-state index contributed by atoms with van der Waals surface area (Å²) < 4.78 is 0. The largest absolute Gasteiger partial charge is 0.397 e. The lowest BCUT2D eigenvalue weighted by Crippen LogP contribution is -2.44. The number of nitrogen functional groups attached to an aromatic ring is 1. The third-order valence-electron chi connectivity index (χ3n) is 4.22. The van der Waals surface area contributed by atoms with E-state index in [1.807, 2.05) is 14.0 Å². The molecule has 0 heterocycles. The number of rotatable bonds is 4. The molecular formula is C15H21Cl2N3O. The van der Waals surface area contributed by atoms with E-state index in [0.717, 1.165) is 12.8 Å². The lowest BCUT2D eigenvalue weighted by atomic mass is 10.1. The first-order chi connectivity index (χ1) is 9.90. The van der Waals surface area contributed by atoms with Crippen molar-refractivity contribution in [2.75, 3.05) is 18.1 Å². The number of hydrogen-bond acceptors (Lipinski definition) is 3. The molecule has 0 radical (unpaired) electrons. The highest BCUT2D eigenvalue weighted by molar-refractivity contribution is 6.37. The Hall–Kier alpha value is -0.970. The summed E-state index contributed by atoms with van der Waals surface area (Å²) in [4.78, 5) is 14.5. The predicted molar refractivity (Wildman–Crippen MR) is 89.0 cm³/mol. The van der Waals surface area contributed by atoms with E-state index >= 15 is 0 Å². The molecule has 6 heteroatoms. The molecule has 0 aromatic heterocycles. The molecule has 1 aliphatic rings. The first-order valence-electron chi connectivity index (χ1n) is 7.17. The average molecular weight is 330 g/mol. The maximum Gasteiger partial charge on any atom is 0.241 e. The highest BCUT2D eigenvalue weighted by Crippen LogP contribution is 2.32. The van der Waals surface area contributed by atoms with Gasteiger partial charge in [0.1, 0.15) is 0 Å². The molecule has 2 rings (SSSR count). The Bertz CT molecular complexity index is 507. The molecule has 4 nitrogen and oxygen atoms in total. The second kappa shape index (κ2) is 6.86. The van der Waals surface area contributed by atoms with Gasteiger partial charge in [-0.25, -0.2) is 0 Å². The average Bonchev–Trinajstić information content (AvgIpc) is 2.94. The zero-order valence-corrected chi connectivity index (χ0v) is 13.8. The Kier molecular flexibility index (Phi) is 5.36. The number of nitrogens with zero attached hydrogens (tertiary/aromatic N) is 1. The minimum absolute atomic E-state index is 0.111. The quantitative estimate of drug-likeness (QED) is 0.826. The van der Waals surface area contributed by atoms with E-state index in [2.05, 4.69) is 10.2 Å². The molecular weight excluding hydrogens is 309 g/mol. The van der Waals surface area contributed by atoms with Gasteiger partial charge < -0.3 is 11.1 Å². The summed E-state index contributed by atoms with van der Waals surface area (Å²) in [6.45, 7) is 1.90. The second-order valence-electron chi connectivity index (χ2n) is 5.62. The van der Waals surface area contributed by atoms with Gasteiger partial charge in [0.2, 0.25) is 5.91 Å². The van der Waals surface area contributed by atoms with Gasteiger partial charge in [-0.2, -0.15) is 0 Å². The fourth-order valence-corrected chi connectivity index (χ4v) is 3.32. The van der Waals surface area contributed by atoms with E-state index in [1.54, 1.807) is 12.1 Å². The molecule has 1 unspecified atom stereocenters. The number of benzene rings is 1. The molecule has 3 N–H and O–H groups in total. The van der Waals surface area contributed by atoms with Gasteiger partial charge >= 0.3 is 0 Å². The van der Waals surface area contributed by atoms with Crippen LogP contribution >= 0.6 is 23.2 Å². The third kappa shape index (κ3) is 3.82. The Morgan fingerprint density at radius 3 is 2.57 bits per heavy atom. The van der Waals surface area contributed by atoms with Crippen LogP contribution in [0.5, 0.6) is 0 Å². The van der Waals surface area contributed by atoms with Crippen LogP contribution in [0, 0.1) is 0 Å². The molecule has 1 aromatic carbocycles. The van der Waals surface area contributed by atoms with Gasteiger partial charge in [0.25, 0.3) is 0 Å². The van der Waals surface area contributed by atoms with Crippen molar-refractivity contribution in [3.63, 3.8) is 0 Å². The van der Waals surface area contributed by atoms with E-state index in [1.165, 1.54) is 12.8 Å². The van der Waals surface area contributed by atoms with Crippen LogP contribution in [0.3, 0.4) is 0 Å². The van der Waals surface area contributed by atoms with Crippen molar-refractivity contribution in [2.24, 2.45) is 0 Å². The summed E-state index contributed by atoms with van der Waals surface area (Å²) in [5.41, 5.74) is 6.67. The maximum absolute atomic E-state index is 12.4. The molecule has 1 amide bonds. The van der Waals surface area contributed by atoms with Crippen LogP contribution in [0.25, 0.3) is 0 Å². The van der Waals surface area contributed by atoms with Gasteiger partial charge in [0.15, 0.2) is 0 Å². The van der Waals surface area contributed by atoms with Crippen molar-refractivity contribution in [1.29, 1.82) is 0 Å². The number of halogens is 2. The lowest BCUT2D eigenvalue weighted by molar-refractivity contribution is -0.121. The molecule has 1 fully saturated rings. The predicted octanol–water partition coefficient (Wildman–Crippen LogP) is 3.78. The van der Waals surface area contributed by atoms with E-state index in [0.29, 0.717) is 27.5 Å². The van der Waals surface area contributed by atoms with Gasteiger partial charge in [-0.05, 0) is 38.9 Å². The Labute approximate surface area is 135 Å². The first-order valence-corrected chi connectivity index (χ1v) is 7.93. The molecule has 1 saturated carbocycles. The van der Waals surface area contributed by atoms with Gasteiger partial charge in [-0.1, -0.05) is 36.0 Å². The Morgan fingerprint density at radius 1 is 1.38 bits per heavy atom. The summed E-state index contributed by atoms with van der Waals surface area (Å²) in [5, 5.41) is 3.62. The molecule has 0 saturated heterocycles. The highest BCUT2D eigenvalue weighted by Gasteiger charge is 2.27. The van der Waals surface area contributed by atoms with Crippen LogP contribution in [0.4, 0.5) is 11.4 Å². The van der Waals surface area contributed by atoms with Crippen LogP contribution in [-0.2, 0) is 4.79 Å².